The highest BCUT2D eigenvalue weighted by molar-refractivity contribution is 5.28. The first-order valence-corrected chi connectivity index (χ1v) is 13.1. The van der Waals surface area contributed by atoms with E-state index in [-0.39, 0.29) is 6.10 Å². The Morgan fingerprint density at radius 2 is 1.73 bits per heavy atom. The topological polar surface area (TPSA) is 20.2 Å². The van der Waals surface area contributed by atoms with E-state index in [0.717, 1.165) is 30.1 Å². The number of hydrogen-bond donors (Lipinski definition) is 1. The highest BCUT2D eigenvalue weighted by Crippen LogP contribution is 2.67. The molecule has 3 fully saturated rings. The van der Waals surface area contributed by atoms with Crippen molar-refractivity contribution in [2.75, 3.05) is 0 Å². The molecule has 0 aliphatic heterocycles. The standard InChI is InChI=1S/C29H48O/c1-18(2)19(3)8-9-20(4)23-12-13-25-22-10-11-24-21(5)27(30)15-17-29(24,7)26(22)14-16-28(23,25)6/h10,19-21,23-27,30H,1,8-9,11-17H2,2-7H3/t19-,20+,21?,23+,24?,25-,26-,27?,28+,29-/m0/s1. The number of aliphatic hydroxyl groups excluding tert-OH is 1. The quantitative estimate of drug-likeness (QED) is 0.457. The van der Waals surface area contributed by atoms with Crippen LogP contribution in [0.1, 0.15) is 99.3 Å². The molecule has 0 aromatic carbocycles. The van der Waals surface area contributed by atoms with Gasteiger partial charge in [-0.25, -0.2) is 0 Å². The molecule has 3 saturated carbocycles. The fourth-order valence-corrected chi connectivity index (χ4v) is 8.88. The van der Waals surface area contributed by atoms with Crippen LogP contribution in [0.3, 0.4) is 0 Å². The predicted octanol–water partition coefficient (Wildman–Crippen LogP) is 7.80. The summed E-state index contributed by atoms with van der Waals surface area (Å²) in [5.74, 6) is 5.12. The molecule has 0 heterocycles. The van der Waals surface area contributed by atoms with Crippen molar-refractivity contribution in [2.24, 2.45) is 52.3 Å². The molecule has 4 rings (SSSR count). The average Bonchev–Trinajstić information content (AvgIpc) is 3.06. The lowest BCUT2D eigenvalue weighted by Crippen LogP contribution is -2.52. The van der Waals surface area contributed by atoms with Gasteiger partial charge in [-0.3, -0.25) is 0 Å². The van der Waals surface area contributed by atoms with Crippen LogP contribution in [0.4, 0.5) is 0 Å². The molecule has 0 radical (unpaired) electrons. The third-order valence-electron chi connectivity index (χ3n) is 11.2. The van der Waals surface area contributed by atoms with Crippen molar-refractivity contribution in [1.82, 2.24) is 0 Å². The molecular weight excluding hydrogens is 364 g/mol. The van der Waals surface area contributed by atoms with Crippen LogP contribution in [0.2, 0.25) is 0 Å². The Hall–Kier alpha value is -0.560. The molecule has 0 aromatic rings. The first kappa shape index (κ1) is 22.6. The van der Waals surface area contributed by atoms with Crippen LogP contribution < -0.4 is 0 Å². The molecule has 0 saturated heterocycles. The Bertz CT molecular complexity index is 690. The number of rotatable bonds is 5. The third kappa shape index (κ3) is 3.46. The normalized spacial score (nSPS) is 47.5. The molecule has 30 heavy (non-hydrogen) atoms. The van der Waals surface area contributed by atoms with Gasteiger partial charge in [0.2, 0.25) is 0 Å². The van der Waals surface area contributed by atoms with Crippen LogP contribution in [0.15, 0.2) is 23.8 Å². The first-order valence-electron chi connectivity index (χ1n) is 13.1. The summed E-state index contributed by atoms with van der Waals surface area (Å²) in [6.45, 7) is 18.8. The lowest BCUT2D eigenvalue weighted by molar-refractivity contribution is -0.0773. The van der Waals surface area contributed by atoms with Gasteiger partial charge in [0.25, 0.3) is 0 Å². The Kier molecular flexibility index (Phi) is 6.10. The van der Waals surface area contributed by atoms with Crippen molar-refractivity contribution in [3.8, 4) is 0 Å². The molecule has 1 heteroatoms. The zero-order valence-corrected chi connectivity index (χ0v) is 20.7. The molecule has 4 aliphatic carbocycles. The first-order chi connectivity index (χ1) is 14.1. The van der Waals surface area contributed by atoms with Crippen molar-refractivity contribution in [3.63, 3.8) is 0 Å². The van der Waals surface area contributed by atoms with Crippen LogP contribution in [0, 0.1) is 52.3 Å². The summed E-state index contributed by atoms with van der Waals surface area (Å²) in [5, 5.41) is 10.5. The molecule has 3 unspecified atom stereocenters. The molecule has 1 N–H and O–H groups in total. The van der Waals surface area contributed by atoms with Crippen molar-refractivity contribution in [2.45, 2.75) is 105 Å². The Balaban J connectivity index is 1.52. The molecular formula is C29H48O. The second-order valence-electron chi connectivity index (χ2n) is 12.7. The fourth-order valence-electron chi connectivity index (χ4n) is 8.88. The summed E-state index contributed by atoms with van der Waals surface area (Å²) in [5.41, 5.74) is 4.14. The molecule has 0 spiro atoms. The second-order valence-corrected chi connectivity index (χ2v) is 12.7. The van der Waals surface area contributed by atoms with E-state index >= 15 is 0 Å². The Labute approximate surface area is 186 Å². The molecule has 1 nitrogen and oxygen atoms in total. The fraction of sp³-hybridized carbons (Fsp3) is 0.862. The van der Waals surface area contributed by atoms with Crippen molar-refractivity contribution in [1.29, 1.82) is 0 Å². The Morgan fingerprint density at radius 1 is 1.07 bits per heavy atom. The predicted molar refractivity (Wildman–Crippen MR) is 128 cm³/mol. The van der Waals surface area contributed by atoms with E-state index in [1.807, 2.05) is 5.57 Å². The van der Waals surface area contributed by atoms with E-state index < -0.39 is 0 Å². The van der Waals surface area contributed by atoms with Gasteiger partial charge in [-0.2, -0.15) is 0 Å². The zero-order chi connectivity index (χ0) is 21.8. The summed E-state index contributed by atoms with van der Waals surface area (Å²) < 4.78 is 0. The van der Waals surface area contributed by atoms with E-state index in [0.29, 0.717) is 28.6 Å². The van der Waals surface area contributed by atoms with E-state index in [9.17, 15) is 5.11 Å². The van der Waals surface area contributed by atoms with Crippen LogP contribution in [-0.2, 0) is 0 Å². The molecule has 0 amide bonds. The summed E-state index contributed by atoms with van der Waals surface area (Å²) in [6.07, 6.45) is 14.4. The number of hydrogen-bond acceptors (Lipinski definition) is 1. The van der Waals surface area contributed by atoms with Gasteiger partial charge >= 0.3 is 0 Å². The van der Waals surface area contributed by atoms with E-state index in [4.69, 9.17) is 0 Å². The number of fused-ring (bicyclic) bond motifs is 5. The molecule has 170 valence electrons. The van der Waals surface area contributed by atoms with Gasteiger partial charge in [0.15, 0.2) is 0 Å². The summed E-state index contributed by atoms with van der Waals surface area (Å²) in [4.78, 5) is 0. The smallest absolute Gasteiger partial charge is 0.0568 e. The van der Waals surface area contributed by atoms with Crippen molar-refractivity contribution < 1.29 is 5.11 Å². The van der Waals surface area contributed by atoms with E-state index in [2.05, 4.69) is 54.2 Å². The summed E-state index contributed by atoms with van der Waals surface area (Å²) in [7, 11) is 0. The van der Waals surface area contributed by atoms with Gasteiger partial charge in [0.1, 0.15) is 0 Å². The molecule has 0 bridgehead atoms. The maximum atomic E-state index is 10.5. The minimum absolute atomic E-state index is 0.0785. The van der Waals surface area contributed by atoms with Crippen LogP contribution in [-0.4, -0.2) is 11.2 Å². The van der Waals surface area contributed by atoms with Gasteiger partial charge in [-0.15, -0.1) is 0 Å². The zero-order valence-electron chi connectivity index (χ0n) is 20.7. The van der Waals surface area contributed by atoms with E-state index in [1.165, 1.54) is 56.9 Å². The van der Waals surface area contributed by atoms with Crippen LogP contribution in [0.5, 0.6) is 0 Å². The third-order valence-corrected chi connectivity index (χ3v) is 11.2. The van der Waals surface area contributed by atoms with Crippen LogP contribution >= 0.6 is 0 Å². The summed E-state index contributed by atoms with van der Waals surface area (Å²) >= 11 is 0. The van der Waals surface area contributed by atoms with Crippen molar-refractivity contribution in [3.05, 3.63) is 23.8 Å². The number of allylic oxidation sites excluding steroid dienone is 3. The average molecular weight is 413 g/mol. The van der Waals surface area contributed by atoms with Gasteiger partial charge in [0, 0.05) is 0 Å². The van der Waals surface area contributed by atoms with Gasteiger partial charge < -0.3 is 5.11 Å². The van der Waals surface area contributed by atoms with E-state index in [1.54, 1.807) is 0 Å². The molecule has 10 atom stereocenters. The van der Waals surface area contributed by atoms with Crippen LogP contribution in [0.25, 0.3) is 0 Å². The van der Waals surface area contributed by atoms with Gasteiger partial charge in [-0.05, 0) is 117 Å². The highest BCUT2D eigenvalue weighted by Gasteiger charge is 2.59. The lowest BCUT2D eigenvalue weighted by atomic mass is 9.46. The molecule has 4 aliphatic rings. The van der Waals surface area contributed by atoms with Gasteiger partial charge in [0.05, 0.1) is 6.10 Å². The molecule has 0 aromatic heterocycles. The maximum Gasteiger partial charge on any atom is 0.0568 e. The maximum absolute atomic E-state index is 10.5. The monoisotopic (exact) mass is 412 g/mol. The SMILES string of the molecule is C=C(C)[C@@H](C)CC[C@@H](C)[C@H]1CC[C@H]2C3=CCC4C(C)C(O)CC[C@]4(C)[C@H]3CC[C@]12C. The Morgan fingerprint density at radius 3 is 2.43 bits per heavy atom. The largest absolute Gasteiger partial charge is 0.393 e. The lowest BCUT2D eigenvalue weighted by Gasteiger charge is -2.59. The second kappa shape index (κ2) is 8.09. The minimum atomic E-state index is -0.0785. The highest BCUT2D eigenvalue weighted by atomic mass is 16.3. The van der Waals surface area contributed by atoms with Crippen molar-refractivity contribution >= 4 is 0 Å². The number of aliphatic hydroxyl groups is 1. The summed E-state index contributed by atoms with van der Waals surface area (Å²) in [6, 6.07) is 0. The van der Waals surface area contributed by atoms with Gasteiger partial charge in [-0.1, -0.05) is 58.4 Å². The minimum Gasteiger partial charge on any atom is -0.393 e.